The van der Waals surface area contributed by atoms with E-state index in [-0.39, 0.29) is 18.3 Å². The van der Waals surface area contributed by atoms with Gasteiger partial charge in [0.05, 0.1) is 6.20 Å². The van der Waals surface area contributed by atoms with Gasteiger partial charge in [0.25, 0.3) is 0 Å². The quantitative estimate of drug-likeness (QED) is 0.802. The van der Waals surface area contributed by atoms with E-state index in [9.17, 15) is 9.18 Å². The second-order valence-corrected chi connectivity index (χ2v) is 4.85. The summed E-state index contributed by atoms with van der Waals surface area (Å²) in [5.74, 6) is -0.549. The van der Waals surface area contributed by atoms with Crippen molar-refractivity contribution in [1.82, 2.24) is 9.78 Å². The van der Waals surface area contributed by atoms with E-state index in [2.05, 4.69) is 10.4 Å². The standard InChI is InChI=1S/C17H14FN3O/c18-15-6-8-16(9-7-15)20-17(22)12-21-11-14(10-19-21)13-4-2-1-3-5-13/h1-11H,12H2,(H,20,22). The number of halogens is 1. The van der Waals surface area contributed by atoms with Crippen molar-refractivity contribution in [2.75, 3.05) is 5.32 Å². The number of anilines is 1. The zero-order valence-corrected chi connectivity index (χ0v) is 11.7. The molecule has 2 aromatic carbocycles. The number of benzene rings is 2. The molecule has 0 aliphatic heterocycles. The van der Waals surface area contributed by atoms with E-state index in [1.165, 1.54) is 24.3 Å². The monoisotopic (exact) mass is 295 g/mol. The summed E-state index contributed by atoms with van der Waals surface area (Å²) < 4.78 is 14.4. The minimum absolute atomic E-state index is 0.101. The molecule has 0 saturated carbocycles. The number of hydrogen-bond donors (Lipinski definition) is 1. The van der Waals surface area contributed by atoms with Crippen LogP contribution in [0.1, 0.15) is 0 Å². The topological polar surface area (TPSA) is 46.9 Å². The Kier molecular flexibility index (Phi) is 3.96. The summed E-state index contributed by atoms with van der Waals surface area (Å²) in [6.45, 7) is 0.101. The lowest BCUT2D eigenvalue weighted by molar-refractivity contribution is -0.116. The van der Waals surface area contributed by atoms with Crippen molar-refractivity contribution in [3.05, 3.63) is 72.8 Å². The molecular weight excluding hydrogens is 281 g/mol. The van der Waals surface area contributed by atoms with Gasteiger partial charge in [-0.3, -0.25) is 9.48 Å². The summed E-state index contributed by atoms with van der Waals surface area (Å²) in [6, 6.07) is 15.5. The van der Waals surface area contributed by atoms with Gasteiger partial charge in [-0.2, -0.15) is 5.10 Å². The van der Waals surface area contributed by atoms with Crippen LogP contribution in [-0.4, -0.2) is 15.7 Å². The summed E-state index contributed by atoms with van der Waals surface area (Å²) in [6.07, 6.45) is 3.54. The van der Waals surface area contributed by atoms with Crippen LogP contribution in [0.15, 0.2) is 67.0 Å². The molecule has 0 saturated heterocycles. The van der Waals surface area contributed by atoms with Crippen LogP contribution in [0.5, 0.6) is 0 Å². The predicted molar refractivity (Wildman–Crippen MR) is 82.7 cm³/mol. The van der Waals surface area contributed by atoms with E-state index in [1.54, 1.807) is 10.9 Å². The van der Waals surface area contributed by atoms with Gasteiger partial charge in [0.1, 0.15) is 12.4 Å². The molecule has 5 heteroatoms. The first kappa shape index (κ1) is 14.0. The molecule has 0 unspecified atom stereocenters. The fourth-order valence-electron chi connectivity index (χ4n) is 2.11. The van der Waals surface area contributed by atoms with Gasteiger partial charge >= 0.3 is 0 Å². The SMILES string of the molecule is O=C(Cn1cc(-c2ccccc2)cn1)Nc1ccc(F)cc1. The summed E-state index contributed by atoms with van der Waals surface area (Å²) >= 11 is 0. The summed E-state index contributed by atoms with van der Waals surface area (Å²) in [5, 5.41) is 6.88. The number of nitrogens with one attached hydrogen (secondary N) is 1. The fourth-order valence-corrected chi connectivity index (χ4v) is 2.11. The first-order valence-corrected chi connectivity index (χ1v) is 6.84. The van der Waals surface area contributed by atoms with E-state index in [0.717, 1.165) is 11.1 Å². The molecule has 3 aromatic rings. The number of hydrogen-bond acceptors (Lipinski definition) is 2. The van der Waals surface area contributed by atoms with Crippen molar-refractivity contribution in [3.8, 4) is 11.1 Å². The Morgan fingerprint density at radius 2 is 1.77 bits per heavy atom. The minimum Gasteiger partial charge on any atom is -0.324 e. The third-order valence-corrected chi connectivity index (χ3v) is 3.17. The molecule has 3 rings (SSSR count). The Labute approximate surface area is 127 Å². The Morgan fingerprint density at radius 1 is 1.05 bits per heavy atom. The summed E-state index contributed by atoms with van der Waals surface area (Å²) in [5.41, 5.74) is 2.56. The Bertz CT molecular complexity index is 766. The first-order chi connectivity index (χ1) is 10.7. The van der Waals surface area contributed by atoms with Crippen molar-refractivity contribution in [2.24, 2.45) is 0 Å². The Balaban J connectivity index is 1.65. The first-order valence-electron chi connectivity index (χ1n) is 6.84. The molecule has 110 valence electrons. The van der Waals surface area contributed by atoms with Crippen LogP contribution in [0.25, 0.3) is 11.1 Å². The lowest BCUT2D eigenvalue weighted by Crippen LogP contribution is -2.18. The maximum atomic E-state index is 12.8. The molecule has 0 bridgehead atoms. The maximum absolute atomic E-state index is 12.8. The van der Waals surface area contributed by atoms with Crippen molar-refractivity contribution in [3.63, 3.8) is 0 Å². The van der Waals surface area contributed by atoms with E-state index < -0.39 is 0 Å². The number of rotatable bonds is 4. The molecule has 1 heterocycles. The van der Waals surface area contributed by atoms with Crippen molar-refractivity contribution in [2.45, 2.75) is 6.54 Å². The molecule has 1 N–H and O–H groups in total. The largest absolute Gasteiger partial charge is 0.324 e. The van der Waals surface area contributed by atoms with Crippen LogP contribution in [0.2, 0.25) is 0 Å². The molecule has 0 aliphatic carbocycles. The highest BCUT2D eigenvalue weighted by atomic mass is 19.1. The van der Waals surface area contributed by atoms with E-state index in [0.29, 0.717) is 5.69 Å². The van der Waals surface area contributed by atoms with E-state index in [4.69, 9.17) is 0 Å². The van der Waals surface area contributed by atoms with Crippen molar-refractivity contribution in [1.29, 1.82) is 0 Å². The molecule has 1 aromatic heterocycles. The van der Waals surface area contributed by atoms with Crippen LogP contribution < -0.4 is 5.32 Å². The number of carbonyl (C=O) groups is 1. The molecule has 0 atom stereocenters. The van der Waals surface area contributed by atoms with Gasteiger partial charge in [-0.1, -0.05) is 30.3 Å². The van der Waals surface area contributed by atoms with Crippen molar-refractivity contribution >= 4 is 11.6 Å². The molecule has 0 fully saturated rings. The Hall–Kier alpha value is -2.95. The highest BCUT2D eigenvalue weighted by Gasteiger charge is 2.06. The normalized spacial score (nSPS) is 10.4. The number of amides is 1. The zero-order chi connectivity index (χ0) is 15.4. The molecule has 0 aliphatic rings. The van der Waals surface area contributed by atoms with Gasteiger partial charge in [0.2, 0.25) is 5.91 Å². The van der Waals surface area contributed by atoms with Crippen LogP contribution >= 0.6 is 0 Å². The lowest BCUT2D eigenvalue weighted by Gasteiger charge is -2.05. The number of carbonyl (C=O) groups excluding carboxylic acids is 1. The molecular formula is C17H14FN3O. The highest BCUT2D eigenvalue weighted by Crippen LogP contribution is 2.17. The number of aromatic nitrogens is 2. The van der Waals surface area contributed by atoms with Gasteiger partial charge in [-0.25, -0.2) is 4.39 Å². The average molecular weight is 295 g/mol. The zero-order valence-electron chi connectivity index (χ0n) is 11.7. The Morgan fingerprint density at radius 3 is 2.50 bits per heavy atom. The second kappa shape index (κ2) is 6.22. The van der Waals surface area contributed by atoms with Crippen LogP contribution in [0, 0.1) is 5.82 Å². The number of nitrogens with zero attached hydrogens (tertiary/aromatic N) is 2. The van der Waals surface area contributed by atoms with Crippen molar-refractivity contribution < 1.29 is 9.18 Å². The third-order valence-electron chi connectivity index (χ3n) is 3.17. The molecule has 0 spiro atoms. The van der Waals surface area contributed by atoms with Gasteiger partial charge < -0.3 is 5.32 Å². The molecule has 0 radical (unpaired) electrons. The lowest BCUT2D eigenvalue weighted by atomic mass is 10.1. The molecule has 1 amide bonds. The second-order valence-electron chi connectivity index (χ2n) is 4.85. The van der Waals surface area contributed by atoms with Crippen LogP contribution in [-0.2, 0) is 11.3 Å². The molecule has 22 heavy (non-hydrogen) atoms. The minimum atomic E-state index is -0.336. The molecule has 4 nitrogen and oxygen atoms in total. The average Bonchev–Trinajstić information content (AvgIpc) is 2.99. The third kappa shape index (κ3) is 3.38. The summed E-state index contributed by atoms with van der Waals surface area (Å²) in [4.78, 5) is 11.9. The van der Waals surface area contributed by atoms with Gasteiger partial charge in [-0.15, -0.1) is 0 Å². The van der Waals surface area contributed by atoms with Gasteiger partial charge in [-0.05, 0) is 29.8 Å². The fraction of sp³-hybridized carbons (Fsp3) is 0.0588. The van der Waals surface area contributed by atoms with E-state index in [1.807, 2.05) is 36.5 Å². The summed E-state index contributed by atoms with van der Waals surface area (Å²) in [7, 11) is 0. The van der Waals surface area contributed by atoms with Crippen LogP contribution in [0.3, 0.4) is 0 Å². The van der Waals surface area contributed by atoms with Crippen LogP contribution in [0.4, 0.5) is 10.1 Å². The van der Waals surface area contributed by atoms with Gasteiger partial charge in [0.15, 0.2) is 0 Å². The predicted octanol–water partition coefficient (Wildman–Crippen LogP) is 3.33. The van der Waals surface area contributed by atoms with E-state index >= 15 is 0 Å². The highest BCUT2D eigenvalue weighted by molar-refractivity contribution is 5.90. The smallest absolute Gasteiger partial charge is 0.246 e. The van der Waals surface area contributed by atoms with Gasteiger partial charge in [0, 0.05) is 17.4 Å². The maximum Gasteiger partial charge on any atom is 0.246 e.